The molecule has 1 aromatic heterocycles. The molecule has 5 nitrogen and oxygen atoms in total. The number of anilines is 2. The van der Waals surface area contributed by atoms with Gasteiger partial charge in [-0.2, -0.15) is 0 Å². The van der Waals surface area contributed by atoms with Crippen LogP contribution in [0.25, 0.3) is 0 Å². The monoisotopic (exact) mass is 339 g/mol. The fourth-order valence-electron chi connectivity index (χ4n) is 2.97. The number of aromatic nitrogens is 2. The van der Waals surface area contributed by atoms with E-state index >= 15 is 0 Å². The van der Waals surface area contributed by atoms with Gasteiger partial charge >= 0.3 is 0 Å². The summed E-state index contributed by atoms with van der Waals surface area (Å²) in [5.41, 5.74) is 0. The lowest BCUT2D eigenvalue weighted by Gasteiger charge is -2.27. The van der Waals surface area contributed by atoms with Crippen LogP contribution in [0.2, 0.25) is 0 Å². The first-order valence-corrected chi connectivity index (χ1v) is 8.24. The topological polar surface area (TPSA) is 35.5 Å². The van der Waals surface area contributed by atoms with E-state index < -0.39 is 0 Å². The molecule has 0 aliphatic carbocycles. The van der Waals surface area contributed by atoms with E-state index in [9.17, 15) is 0 Å². The van der Waals surface area contributed by atoms with Gasteiger partial charge in [-0.15, -0.1) is 0 Å². The highest BCUT2D eigenvalue weighted by molar-refractivity contribution is 9.10. The first-order valence-electron chi connectivity index (χ1n) is 7.45. The molecule has 0 spiro atoms. The summed E-state index contributed by atoms with van der Waals surface area (Å²) in [6.07, 6.45) is 5.53. The minimum atomic E-state index is 0.827. The van der Waals surface area contributed by atoms with E-state index in [1.165, 1.54) is 19.3 Å². The summed E-state index contributed by atoms with van der Waals surface area (Å²) in [5.74, 6) is 2.12. The van der Waals surface area contributed by atoms with Crippen LogP contribution in [0.15, 0.2) is 10.8 Å². The highest BCUT2D eigenvalue weighted by atomic mass is 79.9. The van der Waals surface area contributed by atoms with Crippen LogP contribution < -0.4 is 9.80 Å². The molecule has 110 valence electrons. The molecule has 1 aromatic rings. The standard InChI is InChI=1S/C14H22BrN5/c1-18-5-4-8-20(10-9-18)14-13(16-11-12(15)17-14)19-6-2-3-7-19/h11H,2-10H2,1H3. The summed E-state index contributed by atoms with van der Waals surface area (Å²) in [7, 11) is 2.19. The van der Waals surface area contributed by atoms with Crippen molar-refractivity contribution in [3.8, 4) is 0 Å². The van der Waals surface area contributed by atoms with E-state index in [1.54, 1.807) is 0 Å². The zero-order valence-electron chi connectivity index (χ0n) is 12.1. The Bertz CT molecular complexity index is 461. The number of rotatable bonds is 2. The molecule has 0 radical (unpaired) electrons. The van der Waals surface area contributed by atoms with Crippen molar-refractivity contribution in [2.24, 2.45) is 0 Å². The van der Waals surface area contributed by atoms with Gasteiger partial charge in [-0.25, -0.2) is 9.97 Å². The molecular formula is C14H22BrN5. The third-order valence-electron chi connectivity index (χ3n) is 4.13. The van der Waals surface area contributed by atoms with Crippen LogP contribution in [0.5, 0.6) is 0 Å². The highest BCUT2D eigenvalue weighted by Crippen LogP contribution is 2.29. The molecule has 0 N–H and O–H groups in total. The van der Waals surface area contributed by atoms with E-state index in [0.717, 1.165) is 55.5 Å². The Balaban J connectivity index is 1.88. The van der Waals surface area contributed by atoms with Gasteiger partial charge in [0, 0.05) is 32.7 Å². The van der Waals surface area contributed by atoms with Crippen molar-refractivity contribution in [3.63, 3.8) is 0 Å². The van der Waals surface area contributed by atoms with Gasteiger partial charge in [0.25, 0.3) is 0 Å². The predicted molar refractivity (Wildman–Crippen MR) is 85.5 cm³/mol. The normalized spacial score (nSPS) is 21.3. The Morgan fingerprint density at radius 1 is 0.900 bits per heavy atom. The maximum atomic E-state index is 4.73. The van der Waals surface area contributed by atoms with Crippen molar-refractivity contribution in [3.05, 3.63) is 10.8 Å². The van der Waals surface area contributed by atoms with Crippen molar-refractivity contribution in [1.82, 2.24) is 14.9 Å². The summed E-state index contributed by atoms with van der Waals surface area (Å²) >= 11 is 3.47. The van der Waals surface area contributed by atoms with Gasteiger partial charge < -0.3 is 14.7 Å². The van der Waals surface area contributed by atoms with E-state index in [-0.39, 0.29) is 0 Å². The molecule has 0 amide bonds. The zero-order valence-corrected chi connectivity index (χ0v) is 13.6. The third kappa shape index (κ3) is 3.06. The van der Waals surface area contributed by atoms with Gasteiger partial charge in [-0.05, 0) is 48.8 Å². The molecule has 3 heterocycles. The Morgan fingerprint density at radius 2 is 1.60 bits per heavy atom. The average Bonchev–Trinajstić information content (AvgIpc) is 2.88. The number of halogens is 1. The zero-order chi connectivity index (χ0) is 13.9. The summed E-state index contributed by atoms with van der Waals surface area (Å²) in [6, 6.07) is 0. The molecule has 0 aromatic carbocycles. The van der Waals surface area contributed by atoms with Crippen molar-refractivity contribution in [1.29, 1.82) is 0 Å². The fraction of sp³-hybridized carbons (Fsp3) is 0.714. The van der Waals surface area contributed by atoms with E-state index in [4.69, 9.17) is 4.98 Å². The SMILES string of the molecule is CN1CCCN(c2nc(Br)cnc2N2CCCC2)CC1. The molecule has 2 aliphatic rings. The molecule has 20 heavy (non-hydrogen) atoms. The minimum Gasteiger partial charge on any atom is -0.354 e. The molecule has 3 rings (SSSR count). The molecule has 2 fully saturated rings. The van der Waals surface area contributed by atoms with Crippen molar-refractivity contribution < 1.29 is 0 Å². The van der Waals surface area contributed by atoms with Gasteiger partial charge in [0.15, 0.2) is 11.6 Å². The quantitative estimate of drug-likeness (QED) is 0.823. The molecule has 2 saturated heterocycles. The van der Waals surface area contributed by atoms with Gasteiger partial charge in [-0.1, -0.05) is 0 Å². The number of hydrogen-bond acceptors (Lipinski definition) is 5. The van der Waals surface area contributed by atoms with Crippen LogP contribution >= 0.6 is 15.9 Å². The largest absolute Gasteiger partial charge is 0.354 e. The molecule has 2 aliphatic heterocycles. The Kier molecular flexibility index (Phi) is 4.41. The third-order valence-corrected chi connectivity index (χ3v) is 4.51. The lowest BCUT2D eigenvalue weighted by molar-refractivity contribution is 0.360. The van der Waals surface area contributed by atoms with Gasteiger partial charge in [0.2, 0.25) is 0 Å². The molecule has 0 saturated carbocycles. The maximum absolute atomic E-state index is 4.73. The first kappa shape index (κ1) is 14.1. The van der Waals surface area contributed by atoms with Gasteiger partial charge in [0.1, 0.15) is 4.60 Å². The van der Waals surface area contributed by atoms with Crippen molar-refractivity contribution >= 4 is 27.6 Å². The molecule has 6 heteroatoms. The fourth-order valence-corrected chi connectivity index (χ4v) is 3.24. The summed E-state index contributed by atoms with van der Waals surface area (Å²) in [5, 5.41) is 0. The Morgan fingerprint density at radius 3 is 2.40 bits per heavy atom. The van der Waals surface area contributed by atoms with E-state index in [2.05, 4.69) is 42.7 Å². The average molecular weight is 340 g/mol. The van der Waals surface area contributed by atoms with Crippen molar-refractivity contribution in [2.45, 2.75) is 19.3 Å². The van der Waals surface area contributed by atoms with Gasteiger partial charge in [0.05, 0.1) is 6.20 Å². The van der Waals surface area contributed by atoms with E-state index in [1.807, 2.05) is 6.20 Å². The van der Waals surface area contributed by atoms with Crippen LogP contribution in [-0.4, -0.2) is 61.2 Å². The van der Waals surface area contributed by atoms with Crippen LogP contribution in [0.1, 0.15) is 19.3 Å². The number of nitrogens with zero attached hydrogens (tertiary/aromatic N) is 5. The van der Waals surface area contributed by atoms with Crippen LogP contribution in [-0.2, 0) is 0 Å². The summed E-state index contributed by atoms with van der Waals surface area (Å²) < 4.78 is 0.827. The molecule has 0 bridgehead atoms. The smallest absolute Gasteiger partial charge is 0.173 e. The Hall–Kier alpha value is -0.880. The molecule has 0 atom stereocenters. The number of hydrogen-bond donors (Lipinski definition) is 0. The second-order valence-electron chi connectivity index (χ2n) is 5.68. The summed E-state index contributed by atoms with van der Waals surface area (Å²) in [6.45, 7) is 6.57. The van der Waals surface area contributed by atoms with E-state index in [0.29, 0.717) is 0 Å². The molecular weight excluding hydrogens is 318 g/mol. The summed E-state index contributed by atoms with van der Waals surface area (Å²) in [4.78, 5) is 16.5. The van der Waals surface area contributed by atoms with Crippen LogP contribution in [0, 0.1) is 0 Å². The Labute approximate surface area is 129 Å². The minimum absolute atomic E-state index is 0.827. The lowest BCUT2D eigenvalue weighted by atomic mass is 10.3. The second-order valence-corrected chi connectivity index (χ2v) is 6.49. The number of likely N-dealkylation sites (N-methyl/N-ethyl adjacent to an activating group) is 1. The maximum Gasteiger partial charge on any atom is 0.173 e. The highest BCUT2D eigenvalue weighted by Gasteiger charge is 2.23. The van der Waals surface area contributed by atoms with Crippen molar-refractivity contribution in [2.75, 3.05) is 56.1 Å². The first-order chi connectivity index (χ1) is 9.74. The second kappa shape index (κ2) is 6.26. The lowest BCUT2D eigenvalue weighted by Crippen LogP contribution is -2.32. The van der Waals surface area contributed by atoms with Gasteiger partial charge in [-0.3, -0.25) is 0 Å². The van der Waals surface area contributed by atoms with Crippen LogP contribution in [0.4, 0.5) is 11.6 Å². The predicted octanol–water partition coefficient (Wildman–Crippen LogP) is 1.98. The van der Waals surface area contributed by atoms with Crippen LogP contribution in [0.3, 0.4) is 0 Å². The molecule has 0 unspecified atom stereocenters.